The number of halogens is 1. The van der Waals surface area contributed by atoms with E-state index in [2.05, 4.69) is 25.5 Å². The maximum atomic E-state index is 12.9. The standard InChI is InChI=1S/C18H19FN6O2/c19-14-3-1-13(2-4-14)18(26)20-8-7-16-22-21-15-5-6-17(23-25(15)16)24-9-11-27-12-10-24/h1-6H,7-12H2,(H,20,26). The van der Waals surface area contributed by atoms with Gasteiger partial charge in [-0.2, -0.15) is 4.52 Å². The number of amides is 1. The van der Waals surface area contributed by atoms with Gasteiger partial charge in [0.05, 0.1) is 13.2 Å². The van der Waals surface area contributed by atoms with Crippen molar-refractivity contribution in [1.82, 2.24) is 25.1 Å². The van der Waals surface area contributed by atoms with E-state index in [1.54, 1.807) is 4.52 Å². The molecule has 3 aromatic rings. The van der Waals surface area contributed by atoms with Crippen LogP contribution in [-0.4, -0.2) is 58.6 Å². The fraction of sp³-hybridized carbons (Fsp3) is 0.333. The smallest absolute Gasteiger partial charge is 0.251 e. The van der Waals surface area contributed by atoms with Gasteiger partial charge in [0.1, 0.15) is 11.6 Å². The van der Waals surface area contributed by atoms with Gasteiger partial charge < -0.3 is 15.0 Å². The molecule has 1 aliphatic heterocycles. The van der Waals surface area contributed by atoms with Gasteiger partial charge >= 0.3 is 0 Å². The molecule has 9 heteroatoms. The largest absolute Gasteiger partial charge is 0.378 e. The highest BCUT2D eigenvalue weighted by Crippen LogP contribution is 2.14. The molecule has 0 saturated carbocycles. The first-order chi connectivity index (χ1) is 13.2. The van der Waals surface area contributed by atoms with E-state index < -0.39 is 0 Å². The van der Waals surface area contributed by atoms with Crippen molar-refractivity contribution < 1.29 is 13.9 Å². The summed E-state index contributed by atoms with van der Waals surface area (Å²) in [5, 5.41) is 15.7. The molecule has 1 saturated heterocycles. The number of hydrogen-bond donors (Lipinski definition) is 1. The summed E-state index contributed by atoms with van der Waals surface area (Å²) >= 11 is 0. The molecule has 0 radical (unpaired) electrons. The van der Waals surface area contributed by atoms with Crippen molar-refractivity contribution in [3.05, 3.63) is 53.6 Å². The number of aromatic nitrogens is 4. The summed E-state index contributed by atoms with van der Waals surface area (Å²) in [6.07, 6.45) is 0.480. The Kier molecular flexibility index (Phi) is 4.93. The van der Waals surface area contributed by atoms with Crippen LogP contribution in [-0.2, 0) is 11.2 Å². The Hall–Kier alpha value is -3.07. The second-order valence-corrected chi connectivity index (χ2v) is 6.19. The van der Waals surface area contributed by atoms with Crippen LogP contribution in [0.25, 0.3) is 5.65 Å². The van der Waals surface area contributed by atoms with Gasteiger partial charge in [0.25, 0.3) is 5.91 Å². The summed E-state index contributed by atoms with van der Waals surface area (Å²) in [6, 6.07) is 9.23. The van der Waals surface area contributed by atoms with E-state index in [9.17, 15) is 9.18 Å². The van der Waals surface area contributed by atoms with Crippen molar-refractivity contribution >= 4 is 17.4 Å². The van der Waals surface area contributed by atoms with Crippen LogP contribution in [0.3, 0.4) is 0 Å². The molecule has 4 rings (SSSR count). The highest BCUT2D eigenvalue weighted by Gasteiger charge is 2.15. The minimum absolute atomic E-state index is 0.259. The lowest BCUT2D eigenvalue weighted by molar-refractivity contribution is 0.0954. The minimum atomic E-state index is -0.372. The number of fused-ring (bicyclic) bond motifs is 1. The minimum Gasteiger partial charge on any atom is -0.378 e. The lowest BCUT2D eigenvalue weighted by Gasteiger charge is -2.27. The number of morpholine rings is 1. The van der Waals surface area contributed by atoms with Crippen LogP contribution in [0, 0.1) is 5.82 Å². The molecule has 1 fully saturated rings. The molecule has 8 nitrogen and oxygen atoms in total. The first-order valence-corrected chi connectivity index (χ1v) is 8.78. The summed E-state index contributed by atoms with van der Waals surface area (Å²) in [4.78, 5) is 14.3. The van der Waals surface area contributed by atoms with Crippen molar-refractivity contribution in [2.75, 3.05) is 37.7 Å². The zero-order valence-corrected chi connectivity index (χ0v) is 14.6. The number of nitrogens with zero attached hydrogens (tertiary/aromatic N) is 5. The third kappa shape index (κ3) is 3.87. The van der Waals surface area contributed by atoms with Crippen LogP contribution in [0.2, 0.25) is 0 Å². The molecule has 27 heavy (non-hydrogen) atoms. The first-order valence-electron chi connectivity index (χ1n) is 8.78. The normalized spacial score (nSPS) is 14.5. The van der Waals surface area contributed by atoms with E-state index in [4.69, 9.17) is 4.74 Å². The quantitative estimate of drug-likeness (QED) is 0.723. The van der Waals surface area contributed by atoms with Gasteiger partial charge in [-0.15, -0.1) is 15.3 Å². The van der Waals surface area contributed by atoms with Crippen molar-refractivity contribution in [2.45, 2.75) is 6.42 Å². The van der Waals surface area contributed by atoms with Gasteiger partial charge in [0, 0.05) is 31.6 Å². The monoisotopic (exact) mass is 370 g/mol. The van der Waals surface area contributed by atoms with Gasteiger partial charge in [-0.1, -0.05) is 0 Å². The number of ether oxygens (including phenoxy) is 1. The fourth-order valence-corrected chi connectivity index (χ4v) is 2.93. The van der Waals surface area contributed by atoms with E-state index >= 15 is 0 Å². The van der Waals surface area contributed by atoms with E-state index in [1.807, 2.05) is 12.1 Å². The molecule has 0 bridgehead atoms. The Morgan fingerprint density at radius 2 is 1.89 bits per heavy atom. The topological polar surface area (TPSA) is 84.7 Å². The highest BCUT2D eigenvalue weighted by atomic mass is 19.1. The number of carbonyl (C=O) groups excluding carboxylic acids is 1. The van der Waals surface area contributed by atoms with E-state index in [0.29, 0.717) is 43.2 Å². The predicted octanol–water partition coefficient (Wildman–Crippen LogP) is 1.07. The van der Waals surface area contributed by atoms with Crippen LogP contribution < -0.4 is 10.2 Å². The lowest BCUT2D eigenvalue weighted by atomic mass is 10.2. The van der Waals surface area contributed by atoms with Gasteiger partial charge in [0.2, 0.25) is 0 Å². The maximum absolute atomic E-state index is 12.9. The molecule has 0 atom stereocenters. The van der Waals surface area contributed by atoms with E-state index in [-0.39, 0.29) is 11.7 Å². The molecular formula is C18H19FN6O2. The van der Waals surface area contributed by atoms with Crippen molar-refractivity contribution in [2.24, 2.45) is 0 Å². The zero-order chi connectivity index (χ0) is 18.6. The number of hydrogen-bond acceptors (Lipinski definition) is 6. The first kappa shape index (κ1) is 17.3. The molecule has 2 aromatic heterocycles. The Balaban J connectivity index is 1.42. The molecule has 0 aliphatic carbocycles. The van der Waals surface area contributed by atoms with Crippen LogP contribution in [0.15, 0.2) is 36.4 Å². The van der Waals surface area contributed by atoms with Crippen molar-refractivity contribution in [3.63, 3.8) is 0 Å². The molecule has 1 N–H and O–H groups in total. The van der Waals surface area contributed by atoms with Crippen LogP contribution in [0.1, 0.15) is 16.2 Å². The average Bonchev–Trinajstić information content (AvgIpc) is 3.11. The molecule has 3 heterocycles. The molecule has 0 unspecified atom stereocenters. The number of nitrogens with one attached hydrogen (secondary N) is 1. The Morgan fingerprint density at radius 3 is 2.67 bits per heavy atom. The van der Waals surface area contributed by atoms with Crippen molar-refractivity contribution in [1.29, 1.82) is 0 Å². The summed E-state index contributed by atoms with van der Waals surface area (Å²) in [7, 11) is 0. The summed E-state index contributed by atoms with van der Waals surface area (Å²) in [6.45, 7) is 3.34. The molecule has 0 spiro atoms. The third-order valence-electron chi connectivity index (χ3n) is 4.39. The summed E-state index contributed by atoms with van der Waals surface area (Å²) < 4.78 is 20.0. The molecular weight excluding hydrogens is 351 g/mol. The summed E-state index contributed by atoms with van der Waals surface area (Å²) in [5.74, 6) is 0.885. The summed E-state index contributed by atoms with van der Waals surface area (Å²) in [5.41, 5.74) is 1.07. The van der Waals surface area contributed by atoms with Crippen LogP contribution in [0.5, 0.6) is 0 Å². The Labute approximate surface area is 155 Å². The lowest BCUT2D eigenvalue weighted by Crippen LogP contribution is -2.37. The van der Waals surface area contributed by atoms with Crippen LogP contribution in [0.4, 0.5) is 10.2 Å². The second-order valence-electron chi connectivity index (χ2n) is 6.19. The second kappa shape index (κ2) is 7.67. The number of anilines is 1. The van der Waals surface area contributed by atoms with Gasteiger partial charge in [0.15, 0.2) is 11.5 Å². The van der Waals surface area contributed by atoms with Gasteiger partial charge in [-0.3, -0.25) is 4.79 Å². The Bertz CT molecular complexity index is 937. The number of carbonyl (C=O) groups is 1. The van der Waals surface area contributed by atoms with Crippen molar-refractivity contribution in [3.8, 4) is 0 Å². The number of rotatable bonds is 5. The molecule has 1 aliphatic rings. The SMILES string of the molecule is O=C(NCCc1nnc2ccc(N3CCOCC3)nn12)c1ccc(F)cc1. The van der Waals surface area contributed by atoms with Gasteiger partial charge in [-0.05, 0) is 36.4 Å². The zero-order valence-electron chi connectivity index (χ0n) is 14.6. The van der Waals surface area contributed by atoms with E-state index in [0.717, 1.165) is 18.9 Å². The predicted molar refractivity (Wildman–Crippen MR) is 96.3 cm³/mol. The molecule has 1 amide bonds. The Morgan fingerprint density at radius 1 is 1.11 bits per heavy atom. The fourth-order valence-electron chi connectivity index (χ4n) is 2.93. The third-order valence-corrected chi connectivity index (χ3v) is 4.39. The van der Waals surface area contributed by atoms with Gasteiger partial charge in [-0.25, -0.2) is 4.39 Å². The maximum Gasteiger partial charge on any atom is 0.251 e. The van der Waals surface area contributed by atoms with E-state index in [1.165, 1.54) is 24.3 Å². The molecule has 1 aromatic carbocycles. The number of benzene rings is 1. The molecule has 140 valence electrons. The average molecular weight is 370 g/mol. The highest BCUT2D eigenvalue weighted by molar-refractivity contribution is 5.94. The van der Waals surface area contributed by atoms with Crippen LogP contribution >= 0.6 is 0 Å².